The van der Waals surface area contributed by atoms with Crippen molar-refractivity contribution in [2.45, 2.75) is 55.1 Å². The van der Waals surface area contributed by atoms with E-state index in [1.165, 1.54) is 21.6 Å². The number of benzene rings is 3. The molecule has 2 unspecified atom stereocenters. The normalized spacial score (nSPS) is 19.6. The maximum Gasteiger partial charge on any atom is 0.416 e. The van der Waals surface area contributed by atoms with Crippen molar-refractivity contribution in [2.75, 3.05) is 10.2 Å². The number of carbonyl (C=O) groups is 3. The summed E-state index contributed by atoms with van der Waals surface area (Å²) >= 11 is 5.36. The average Bonchev–Trinajstić information content (AvgIpc) is 3.43. The number of rotatable bonds is 5. The summed E-state index contributed by atoms with van der Waals surface area (Å²) in [7, 11) is 0. The van der Waals surface area contributed by atoms with Gasteiger partial charge in [0.25, 0.3) is 0 Å². The van der Waals surface area contributed by atoms with Crippen LogP contribution in [0, 0.1) is 5.92 Å². The first-order valence-electron chi connectivity index (χ1n) is 14.2. The highest BCUT2D eigenvalue weighted by molar-refractivity contribution is 9.10. The van der Waals surface area contributed by atoms with Crippen LogP contribution in [0.3, 0.4) is 0 Å². The zero-order valence-electron chi connectivity index (χ0n) is 24.7. The van der Waals surface area contributed by atoms with Gasteiger partial charge < -0.3 is 5.32 Å². The lowest BCUT2D eigenvalue weighted by molar-refractivity contribution is -0.137. The van der Waals surface area contributed by atoms with E-state index in [4.69, 9.17) is 0 Å². The first kappa shape index (κ1) is 32.3. The third kappa shape index (κ3) is 5.95. The number of fused-ring (bicyclic) bond motifs is 2. The van der Waals surface area contributed by atoms with Gasteiger partial charge in [0.15, 0.2) is 0 Å². The number of imide groups is 1. The van der Waals surface area contributed by atoms with E-state index in [2.05, 4.69) is 42.0 Å². The van der Waals surface area contributed by atoms with Gasteiger partial charge in [-0.2, -0.15) is 13.2 Å². The van der Waals surface area contributed by atoms with Gasteiger partial charge in [0.1, 0.15) is 11.8 Å². The maximum atomic E-state index is 14.1. The van der Waals surface area contributed by atoms with E-state index in [0.717, 1.165) is 50.8 Å². The molecule has 3 aromatic carbocycles. The summed E-state index contributed by atoms with van der Waals surface area (Å²) in [6, 6.07) is 18.8. The number of thiazole rings is 1. The summed E-state index contributed by atoms with van der Waals surface area (Å²) in [5.41, 5.74) is 1.13. The standard InChI is InChI=1S/C33H27BrF3N3O4S2/c1-32(2,3)18-9-7-17(8-10-18)24-25-26(29(43)40(28(25)42)22-13-11-20(34)12-14-22)45-30-27(24)46-31(44)39(30)16-23(41)38-21-6-4-5-19(15-21)33(35,36)37/h4-15,24-26H,16H2,1-3H3,(H,38,41)/t24-,25?,26?/m0/s1. The largest absolute Gasteiger partial charge is 0.416 e. The minimum atomic E-state index is -4.59. The third-order valence-electron chi connectivity index (χ3n) is 8.05. The molecule has 1 saturated heterocycles. The molecule has 0 bridgehead atoms. The number of thioether (sulfide) groups is 1. The number of halogens is 4. The lowest BCUT2D eigenvalue weighted by Crippen LogP contribution is -2.33. The minimum absolute atomic E-state index is 0.0665. The van der Waals surface area contributed by atoms with Gasteiger partial charge in [0.2, 0.25) is 17.7 Å². The van der Waals surface area contributed by atoms with Crippen LogP contribution in [0.4, 0.5) is 24.5 Å². The maximum absolute atomic E-state index is 14.1. The molecule has 2 aliphatic heterocycles. The van der Waals surface area contributed by atoms with Crippen molar-refractivity contribution in [1.29, 1.82) is 0 Å². The van der Waals surface area contributed by atoms with Gasteiger partial charge in [-0.3, -0.25) is 23.7 Å². The monoisotopic (exact) mass is 729 g/mol. The Labute approximate surface area is 278 Å². The number of alkyl halides is 3. The molecule has 1 aromatic heterocycles. The van der Waals surface area contributed by atoms with Crippen molar-refractivity contribution in [3.8, 4) is 0 Å². The predicted molar refractivity (Wildman–Crippen MR) is 175 cm³/mol. The van der Waals surface area contributed by atoms with E-state index in [0.29, 0.717) is 15.6 Å². The van der Waals surface area contributed by atoms with E-state index in [-0.39, 0.29) is 17.0 Å². The Morgan fingerprint density at radius 2 is 1.59 bits per heavy atom. The molecule has 1 N–H and O–H groups in total. The fourth-order valence-electron chi connectivity index (χ4n) is 5.77. The Morgan fingerprint density at radius 1 is 0.913 bits per heavy atom. The van der Waals surface area contributed by atoms with E-state index in [1.54, 1.807) is 24.3 Å². The van der Waals surface area contributed by atoms with Gasteiger partial charge in [-0.05, 0) is 59.0 Å². The molecule has 0 radical (unpaired) electrons. The number of hydrogen-bond acceptors (Lipinski definition) is 6. The molecule has 46 heavy (non-hydrogen) atoms. The second-order valence-electron chi connectivity index (χ2n) is 12.2. The summed E-state index contributed by atoms with van der Waals surface area (Å²) in [6.45, 7) is 5.76. The number of aromatic nitrogens is 1. The van der Waals surface area contributed by atoms with E-state index in [1.807, 2.05) is 24.3 Å². The van der Waals surface area contributed by atoms with Crippen LogP contribution in [0.2, 0.25) is 0 Å². The van der Waals surface area contributed by atoms with Crippen LogP contribution in [-0.2, 0) is 32.5 Å². The van der Waals surface area contributed by atoms with Crippen molar-refractivity contribution in [2.24, 2.45) is 5.92 Å². The summed E-state index contributed by atoms with van der Waals surface area (Å²) in [5.74, 6) is -2.96. The van der Waals surface area contributed by atoms with Gasteiger partial charge in [-0.15, -0.1) is 0 Å². The molecule has 3 atom stereocenters. The van der Waals surface area contributed by atoms with Crippen LogP contribution in [0.1, 0.15) is 48.3 Å². The van der Waals surface area contributed by atoms with E-state index < -0.39 is 52.1 Å². The number of nitrogens with one attached hydrogen (secondary N) is 1. The minimum Gasteiger partial charge on any atom is -0.325 e. The van der Waals surface area contributed by atoms with Crippen LogP contribution >= 0.6 is 39.0 Å². The summed E-state index contributed by atoms with van der Waals surface area (Å²) in [5, 5.41) is 1.96. The van der Waals surface area contributed by atoms with Crippen molar-refractivity contribution < 1.29 is 27.6 Å². The molecule has 2 aliphatic rings. The van der Waals surface area contributed by atoms with E-state index >= 15 is 0 Å². The van der Waals surface area contributed by atoms with Crippen LogP contribution in [0.25, 0.3) is 0 Å². The number of amides is 3. The van der Waals surface area contributed by atoms with Gasteiger partial charge in [-0.25, -0.2) is 4.90 Å². The molecule has 0 aliphatic carbocycles. The first-order valence-corrected chi connectivity index (χ1v) is 16.7. The van der Waals surface area contributed by atoms with Crippen LogP contribution < -0.4 is 15.1 Å². The molecule has 0 saturated carbocycles. The number of hydrogen-bond donors (Lipinski definition) is 1. The zero-order chi connectivity index (χ0) is 33.1. The Morgan fingerprint density at radius 3 is 2.22 bits per heavy atom. The summed E-state index contributed by atoms with van der Waals surface area (Å²) in [4.78, 5) is 55.8. The van der Waals surface area contributed by atoms with Crippen LogP contribution in [-0.4, -0.2) is 27.5 Å². The zero-order valence-corrected chi connectivity index (χ0v) is 27.9. The summed E-state index contributed by atoms with van der Waals surface area (Å²) in [6.07, 6.45) is -4.59. The molecule has 13 heteroatoms. The van der Waals surface area contributed by atoms with Crippen molar-refractivity contribution in [3.63, 3.8) is 0 Å². The molecular formula is C33H27BrF3N3O4S2. The fourth-order valence-corrected chi connectivity index (χ4v) is 8.80. The lowest BCUT2D eigenvalue weighted by atomic mass is 9.81. The van der Waals surface area contributed by atoms with Crippen molar-refractivity contribution in [1.82, 2.24) is 4.57 Å². The molecule has 4 aromatic rings. The van der Waals surface area contributed by atoms with Gasteiger partial charge in [-0.1, -0.05) is 90.1 Å². The van der Waals surface area contributed by atoms with Gasteiger partial charge in [0.05, 0.1) is 22.2 Å². The Bertz CT molecular complexity index is 1910. The Kier molecular flexibility index (Phi) is 8.31. The van der Waals surface area contributed by atoms with Crippen LogP contribution in [0.15, 0.2) is 87.1 Å². The average molecular weight is 731 g/mol. The highest BCUT2D eigenvalue weighted by atomic mass is 79.9. The molecule has 3 amide bonds. The SMILES string of the molecule is CC(C)(C)c1ccc([C@@H]2c3sc(=O)n(CC(=O)Nc4cccc(C(F)(F)F)c4)c3SC3C(=O)N(c4ccc(Br)cc4)C(=O)C32)cc1. The van der Waals surface area contributed by atoms with Gasteiger partial charge in [0, 0.05) is 21.0 Å². The molecule has 3 heterocycles. The highest BCUT2D eigenvalue weighted by Gasteiger charge is 2.56. The number of carbonyl (C=O) groups excluding carboxylic acids is 3. The van der Waals surface area contributed by atoms with E-state index in [9.17, 15) is 32.3 Å². The lowest BCUT2D eigenvalue weighted by Gasteiger charge is -2.31. The second-order valence-corrected chi connectivity index (χ2v) is 15.2. The number of anilines is 2. The van der Waals surface area contributed by atoms with Crippen molar-refractivity contribution in [3.05, 3.63) is 109 Å². The predicted octanol–water partition coefficient (Wildman–Crippen LogP) is 7.42. The highest BCUT2D eigenvalue weighted by Crippen LogP contribution is 2.54. The molecular weight excluding hydrogens is 703 g/mol. The quantitative estimate of drug-likeness (QED) is 0.216. The van der Waals surface area contributed by atoms with Crippen molar-refractivity contribution >= 4 is 68.1 Å². The van der Waals surface area contributed by atoms with Crippen LogP contribution in [0.5, 0.6) is 0 Å². The molecule has 0 spiro atoms. The number of nitrogens with zero attached hydrogens (tertiary/aromatic N) is 2. The molecule has 6 rings (SSSR count). The second kappa shape index (κ2) is 11.8. The Hall–Kier alpha value is -3.68. The molecule has 1 fully saturated rings. The first-order chi connectivity index (χ1) is 21.6. The molecule has 7 nitrogen and oxygen atoms in total. The third-order valence-corrected chi connectivity index (χ3v) is 11.2. The van der Waals surface area contributed by atoms with Gasteiger partial charge >= 0.3 is 11.0 Å². The Balaban J connectivity index is 1.39. The fraction of sp³-hybridized carbons (Fsp3) is 0.273. The summed E-state index contributed by atoms with van der Waals surface area (Å²) < 4.78 is 41.7. The molecule has 238 valence electrons. The topological polar surface area (TPSA) is 88.5 Å². The smallest absolute Gasteiger partial charge is 0.325 e.